The molecule has 6 nitrogen and oxygen atoms in total. The van der Waals surface area contributed by atoms with E-state index in [1.54, 1.807) is 0 Å². The van der Waals surface area contributed by atoms with Crippen molar-refractivity contribution < 1.29 is 0 Å². The summed E-state index contributed by atoms with van der Waals surface area (Å²) < 4.78 is 0. The lowest BCUT2D eigenvalue weighted by Crippen LogP contribution is -2.17. The Labute approximate surface area is 151 Å². The van der Waals surface area contributed by atoms with Crippen LogP contribution in [0.25, 0.3) is 33.2 Å². The smallest absolute Gasteiger partial charge is 0.116 e. The van der Waals surface area contributed by atoms with Gasteiger partial charge in [0.15, 0.2) is 0 Å². The molecule has 4 aromatic rings. The van der Waals surface area contributed by atoms with Crippen molar-refractivity contribution >= 4 is 21.8 Å². The van der Waals surface area contributed by atoms with Gasteiger partial charge >= 0.3 is 0 Å². The van der Waals surface area contributed by atoms with Gasteiger partial charge in [0.1, 0.15) is 5.69 Å². The first-order valence-corrected chi connectivity index (χ1v) is 8.69. The third kappa shape index (κ3) is 3.06. The van der Waals surface area contributed by atoms with Crippen molar-refractivity contribution in [2.45, 2.75) is 13.0 Å². The highest BCUT2D eigenvalue weighted by Crippen LogP contribution is 2.29. The molecule has 0 aliphatic carbocycles. The minimum absolute atomic E-state index is 0.621. The SMILES string of the molecule is N#Cc1ccc2c(-c3cc4ccc(CNCCCN)cc4[nH]3)n[nH]c2c1. The molecule has 2 aromatic carbocycles. The van der Waals surface area contributed by atoms with E-state index in [-0.39, 0.29) is 0 Å². The quantitative estimate of drug-likeness (QED) is 0.403. The number of nitrogens with two attached hydrogens (primary N) is 1. The van der Waals surface area contributed by atoms with Gasteiger partial charge in [-0.05, 0) is 55.4 Å². The molecule has 0 aliphatic heterocycles. The van der Waals surface area contributed by atoms with Crippen molar-refractivity contribution in [3.05, 3.63) is 53.6 Å². The van der Waals surface area contributed by atoms with E-state index in [0.717, 1.165) is 52.7 Å². The predicted octanol–water partition coefficient (Wildman–Crippen LogP) is 3.02. The standard InChI is InChI=1S/C20H20N6/c21-6-1-7-23-12-14-2-4-15-10-19(24-17(15)9-14)20-16-5-3-13(11-22)8-18(16)25-26-20/h2-5,8-10,23-24H,1,6-7,12,21H2,(H,25,26). The molecular formula is C20H20N6. The van der Waals surface area contributed by atoms with Crippen LogP contribution in [0.2, 0.25) is 0 Å². The second-order valence-electron chi connectivity index (χ2n) is 6.37. The third-order valence-corrected chi connectivity index (χ3v) is 4.52. The highest BCUT2D eigenvalue weighted by Gasteiger charge is 2.11. The first-order valence-electron chi connectivity index (χ1n) is 8.69. The number of rotatable bonds is 6. The van der Waals surface area contributed by atoms with E-state index < -0.39 is 0 Å². The van der Waals surface area contributed by atoms with Crippen LogP contribution in [0.4, 0.5) is 0 Å². The Hall–Kier alpha value is -3.14. The van der Waals surface area contributed by atoms with Crippen LogP contribution in [0.5, 0.6) is 0 Å². The highest BCUT2D eigenvalue weighted by molar-refractivity contribution is 5.96. The van der Waals surface area contributed by atoms with Crippen LogP contribution in [-0.2, 0) is 6.54 Å². The van der Waals surface area contributed by atoms with Crippen LogP contribution in [0.1, 0.15) is 17.5 Å². The maximum Gasteiger partial charge on any atom is 0.116 e. The van der Waals surface area contributed by atoms with E-state index in [4.69, 9.17) is 11.0 Å². The molecule has 0 saturated carbocycles. The van der Waals surface area contributed by atoms with E-state index in [2.05, 4.69) is 50.8 Å². The average molecular weight is 344 g/mol. The second-order valence-corrected chi connectivity index (χ2v) is 6.37. The Morgan fingerprint density at radius 2 is 2.04 bits per heavy atom. The lowest BCUT2D eigenvalue weighted by atomic mass is 10.1. The number of nitrogens with one attached hydrogen (secondary N) is 3. The lowest BCUT2D eigenvalue weighted by molar-refractivity contribution is 0.656. The lowest BCUT2D eigenvalue weighted by Gasteiger charge is -2.04. The zero-order chi connectivity index (χ0) is 17.9. The number of nitriles is 1. The molecule has 0 atom stereocenters. The minimum Gasteiger partial charge on any atom is -0.353 e. The van der Waals surface area contributed by atoms with Crippen LogP contribution in [0, 0.1) is 11.3 Å². The molecule has 0 spiro atoms. The normalized spacial score (nSPS) is 11.2. The molecule has 6 heteroatoms. The van der Waals surface area contributed by atoms with Gasteiger partial charge in [-0.25, -0.2) is 0 Å². The Bertz CT molecular complexity index is 1100. The van der Waals surface area contributed by atoms with Crippen LogP contribution in [0.3, 0.4) is 0 Å². The van der Waals surface area contributed by atoms with Gasteiger partial charge in [0.2, 0.25) is 0 Å². The fourth-order valence-electron chi connectivity index (χ4n) is 3.17. The van der Waals surface area contributed by atoms with Gasteiger partial charge in [-0.15, -0.1) is 0 Å². The van der Waals surface area contributed by atoms with Crippen molar-refractivity contribution in [1.29, 1.82) is 5.26 Å². The van der Waals surface area contributed by atoms with Crippen molar-refractivity contribution in [2.75, 3.05) is 13.1 Å². The molecule has 0 aliphatic rings. The summed E-state index contributed by atoms with van der Waals surface area (Å²) in [7, 11) is 0. The summed E-state index contributed by atoms with van der Waals surface area (Å²) in [6, 6.07) is 16.2. The number of benzene rings is 2. The van der Waals surface area contributed by atoms with E-state index in [9.17, 15) is 0 Å². The maximum atomic E-state index is 9.03. The summed E-state index contributed by atoms with van der Waals surface area (Å²) in [5.41, 5.74) is 11.1. The predicted molar refractivity (Wildman–Crippen MR) is 103 cm³/mol. The van der Waals surface area contributed by atoms with E-state index in [1.165, 1.54) is 5.56 Å². The molecule has 0 fully saturated rings. The summed E-state index contributed by atoms with van der Waals surface area (Å²) in [6.07, 6.45) is 0.981. The van der Waals surface area contributed by atoms with Crippen LogP contribution < -0.4 is 11.1 Å². The molecule has 130 valence electrons. The Morgan fingerprint density at radius 1 is 1.12 bits per heavy atom. The molecule has 26 heavy (non-hydrogen) atoms. The topological polar surface area (TPSA) is 106 Å². The summed E-state index contributed by atoms with van der Waals surface area (Å²) >= 11 is 0. The molecular weight excluding hydrogens is 324 g/mol. The van der Waals surface area contributed by atoms with Crippen molar-refractivity contribution in [2.24, 2.45) is 5.73 Å². The van der Waals surface area contributed by atoms with Crippen LogP contribution in [-0.4, -0.2) is 28.3 Å². The zero-order valence-electron chi connectivity index (χ0n) is 14.3. The van der Waals surface area contributed by atoms with Gasteiger partial charge in [-0.2, -0.15) is 10.4 Å². The number of nitrogens with zero attached hydrogens (tertiary/aromatic N) is 2. The zero-order valence-corrected chi connectivity index (χ0v) is 14.3. The van der Waals surface area contributed by atoms with E-state index >= 15 is 0 Å². The first kappa shape index (κ1) is 16.3. The van der Waals surface area contributed by atoms with Crippen LogP contribution >= 0.6 is 0 Å². The van der Waals surface area contributed by atoms with Gasteiger partial charge in [0, 0.05) is 22.8 Å². The van der Waals surface area contributed by atoms with E-state index in [0.29, 0.717) is 12.1 Å². The molecule has 0 bridgehead atoms. The highest BCUT2D eigenvalue weighted by atomic mass is 15.1. The summed E-state index contributed by atoms with van der Waals surface area (Å²) in [4.78, 5) is 3.47. The number of aromatic amines is 2. The summed E-state index contributed by atoms with van der Waals surface area (Å²) in [6.45, 7) is 2.46. The van der Waals surface area contributed by atoms with Gasteiger partial charge in [-0.1, -0.05) is 12.1 Å². The van der Waals surface area contributed by atoms with Gasteiger partial charge in [-0.3, -0.25) is 5.10 Å². The Kier molecular flexibility index (Phi) is 4.40. The summed E-state index contributed by atoms with van der Waals surface area (Å²) in [5.74, 6) is 0. The number of hydrogen-bond donors (Lipinski definition) is 4. The third-order valence-electron chi connectivity index (χ3n) is 4.52. The number of fused-ring (bicyclic) bond motifs is 2. The first-order chi connectivity index (χ1) is 12.8. The molecule has 0 amide bonds. The summed E-state index contributed by atoms with van der Waals surface area (Å²) in [5, 5.41) is 22.0. The van der Waals surface area contributed by atoms with Crippen LogP contribution in [0.15, 0.2) is 42.5 Å². The van der Waals surface area contributed by atoms with E-state index in [1.807, 2.05) is 18.2 Å². The fraction of sp³-hybridized carbons (Fsp3) is 0.200. The maximum absolute atomic E-state index is 9.03. The average Bonchev–Trinajstić information content (AvgIpc) is 3.27. The molecule has 0 radical (unpaired) electrons. The fourth-order valence-corrected chi connectivity index (χ4v) is 3.17. The second kappa shape index (κ2) is 7.00. The van der Waals surface area contributed by atoms with Crippen molar-refractivity contribution in [1.82, 2.24) is 20.5 Å². The van der Waals surface area contributed by atoms with Gasteiger partial charge in [0.05, 0.1) is 22.8 Å². The largest absolute Gasteiger partial charge is 0.353 e. The monoisotopic (exact) mass is 344 g/mol. The van der Waals surface area contributed by atoms with Gasteiger partial charge in [0.25, 0.3) is 0 Å². The number of aromatic nitrogens is 3. The Balaban J connectivity index is 1.64. The number of hydrogen-bond acceptors (Lipinski definition) is 4. The van der Waals surface area contributed by atoms with Gasteiger partial charge < -0.3 is 16.0 Å². The van der Waals surface area contributed by atoms with Crippen molar-refractivity contribution in [3.63, 3.8) is 0 Å². The minimum atomic E-state index is 0.621. The Morgan fingerprint density at radius 3 is 2.88 bits per heavy atom. The van der Waals surface area contributed by atoms with Crippen molar-refractivity contribution in [3.8, 4) is 17.5 Å². The number of H-pyrrole nitrogens is 2. The molecule has 0 unspecified atom stereocenters. The molecule has 4 rings (SSSR count). The molecule has 5 N–H and O–H groups in total. The molecule has 2 heterocycles. The molecule has 2 aromatic heterocycles. The molecule has 0 saturated heterocycles.